The minimum Gasteiger partial charge on any atom is -0.330 e. The fourth-order valence-electron chi connectivity index (χ4n) is 2.84. The first kappa shape index (κ1) is 11.7. The second-order valence-corrected chi connectivity index (χ2v) is 6.14. The Hall–Kier alpha value is 0.270. The molecule has 0 radical (unpaired) electrons. The molecular formula is C12H24N2S. The van der Waals surface area contributed by atoms with Crippen molar-refractivity contribution in [3.63, 3.8) is 0 Å². The maximum atomic E-state index is 5.77. The first-order valence-corrected chi connectivity index (χ1v) is 7.57. The molecule has 15 heavy (non-hydrogen) atoms. The standard InChI is InChI=1S/C12H24N2S/c13-10-11-2-1-6-14(7-3-11)12-4-8-15-9-5-12/h11-12H,1-10,13H2. The van der Waals surface area contributed by atoms with E-state index in [0.717, 1.165) is 18.5 Å². The number of nitrogens with two attached hydrogens (primary N) is 1. The summed E-state index contributed by atoms with van der Waals surface area (Å²) in [5.74, 6) is 3.55. The van der Waals surface area contributed by atoms with E-state index in [1.54, 1.807) is 0 Å². The fraction of sp³-hybridized carbons (Fsp3) is 1.00. The highest BCUT2D eigenvalue weighted by Crippen LogP contribution is 2.25. The van der Waals surface area contributed by atoms with Crippen LogP contribution in [0.1, 0.15) is 32.1 Å². The Morgan fingerprint density at radius 3 is 2.60 bits per heavy atom. The van der Waals surface area contributed by atoms with Crippen LogP contribution in [0.15, 0.2) is 0 Å². The van der Waals surface area contributed by atoms with Crippen LogP contribution in [0.25, 0.3) is 0 Å². The second-order valence-electron chi connectivity index (χ2n) is 4.91. The molecule has 88 valence electrons. The van der Waals surface area contributed by atoms with Gasteiger partial charge in [0, 0.05) is 6.04 Å². The minimum absolute atomic E-state index is 0.799. The van der Waals surface area contributed by atoms with Gasteiger partial charge in [-0.25, -0.2) is 0 Å². The van der Waals surface area contributed by atoms with Crippen LogP contribution in [0, 0.1) is 5.92 Å². The lowest BCUT2D eigenvalue weighted by molar-refractivity contribution is 0.190. The molecule has 0 bridgehead atoms. The molecule has 3 heteroatoms. The molecule has 0 aromatic rings. The Labute approximate surface area is 98.0 Å². The number of nitrogens with zero attached hydrogens (tertiary/aromatic N) is 1. The van der Waals surface area contributed by atoms with Crippen molar-refractivity contribution >= 4 is 11.8 Å². The summed E-state index contributed by atoms with van der Waals surface area (Å²) >= 11 is 2.13. The number of hydrogen-bond acceptors (Lipinski definition) is 3. The largest absolute Gasteiger partial charge is 0.330 e. The maximum Gasteiger partial charge on any atom is 0.0111 e. The third kappa shape index (κ3) is 3.36. The van der Waals surface area contributed by atoms with Crippen molar-refractivity contribution in [2.45, 2.75) is 38.1 Å². The quantitative estimate of drug-likeness (QED) is 0.783. The molecule has 2 aliphatic heterocycles. The van der Waals surface area contributed by atoms with Crippen molar-refractivity contribution in [2.75, 3.05) is 31.1 Å². The highest BCUT2D eigenvalue weighted by Gasteiger charge is 2.23. The van der Waals surface area contributed by atoms with Crippen molar-refractivity contribution in [1.82, 2.24) is 4.90 Å². The molecule has 2 rings (SSSR count). The molecule has 1 unspecified atom stereocenters. The molecule has 2 fully saturated rings. The van der Waals surface area contributed by atoms with Gasteiger partial charge in [0.1, 0.15) is 0 Å². The van der Waals surface area contributed by atoms with Crippen molar-refractivity contribution < 1.29 is 0 Å². The molecule has 2 nitrogen and oxygen atoms in total. The lowest BCUT2D eigenvalue weighted by Crippen LogP contribution is -2.38. The summed E-state index contributed by atoms with van der Waals surface area (Å²) in [7, 11) is 0. The summed E-state index contributed by atoms with van der Waals surface area (Å²) in [5, 5.41) is 0. The van der Waals surface area contributed by atoms with Gasteiger partial charge in [-0.1, -0.05) is 0 Å². The first-order chi connectivity index (χ1) is 7.40. The summed E-state index contributed by atoms with van der Waals surface area (Å²) in [6.07, 6.45) is 6.88. The van der Waals surface area contributed by atoms with Crippen LogP contribution in [-0.4, -0.2) is 42.1 Å². The van der Waals surface area contributed by atoms with Gasteiger partial charge in [0.2, 0.25) is 0 Å². The average Bonchev–Trinajstić information content (AvgIpc) is 2.55. The summed E-state index contributed by atoms with van der Waals surface area (Å²) in [6.45, 7) is 3.53. The van der Waals surface area contributed by atoms with E-state index < -0.39 is 0 Å². The molecule has 1 atom stereocenters. The zero-order chi connectivity index (χ0) is 10.5. The monoisotopic (exact) mass is 228 g/mol. The highest BCUT2D eigenvalue weighted by molar-refractivity contribution is 7.99. The predicted molar refractivity (Wildman–Crippen MR) is 68.3 cm³/mol. The van der Waals surface area contributed by atoms with Crippen LogP contribution in [0.5, 0.6) is 0 Å². The van der Waals surface area contributed by atoms with Gasteiger partial charge in [0.05, 0.1) is 0 Å². The van der Waals surface area contributed by atoms with Gasteiger partial charge < -0.3 is 10.6 Å². The van der Waals surface area contributed by atoms with E-state index in [0.29, 0.717) is 0 Å². The molecule has 0 aliphatic carbocycles. The first-order valence-electron chi connectivity index (χ1n) is 6.42. The average molecular weight is 228 g/mol. The summed E-state index contributed by atoms with van der Waals surface area (Å²) in [6, 6.07) is 0.891. The van der Waals surface area contributed by atoms with E-state index in [2.05, 4.69) is 16.7 Å². The van der Waals surface area contributed by atoms with Crippen LogP contribution in [0.3, 0.4) is 0 Å². The lowest BCUT2D eigenvalue weighted by Gasteiger charge is -2.33. The number of rotatable bonds is 2. The summed E-state index contributed by atoms with van der Waals surface area (Å²) in [5.41, 5.74) is 5.77. The Kier molecular flexibility index (Phi) is 4.79. The second kappa shape index (κ2) is 6.12. The summed E-state index contributed by atoms with van der Waals surface area (Å²) in [4.78, 5) is 2.75. The van der Waals surface area contributed by atoms with E-state index in [9.17, 15) is 0 Å². The molecule has 0 aromatic carbocycles. The smallest absolute Gasteiger partial charge is 0.0111 e. The number of hydrogen-bond donors (Lipinski definition) is 1. The van der Waals surface area contributed by atoms with Crippen LogP contribution >= 0.6 is 11.8 Å². The molecule has 2 aliphatic rings. The Morgan fingerprint density at radius 1 is 1.07 bits per heavy atom. The van der Waals surface area contributed by atoms with E-state index in [4.69, 9.17) is 5.73 Å². The Morgan fingerprint density at radius 2 is 1.87 bits per heavy atom. The highest BCUT2D eigenvalue weighted by atomic mass is 32.2. The molecule has 0 saturated carbocycles. The fourth-order valence-corrected chi connectivity index (χ4v) is 3.92. The van der Waals surface area contributed by atoms with Crippen LogP contribution in [0.4, 0.5) is 0 Å². The van der Waals surface area contributed by atoms with E-state index in [1.165, 1.54) is 56.7 Å². The Balaban J connectivity index is 1.81. The van der Waals surface area contributed by atoms with Crippen molar-refractivity contribution in [1.29, 1.82) is 0 Å². The van der Waals surface area contributed by atoms with Crippen molar-refractivity contribution in [2.24, 2.45) is 11.7 Å². The third-order valence-corrected chi connectivity index (χ3v) is 4.97. The maximum absolute atomic E-state index is 5.77. The normalized spacial score (nSPS) is 31.4. The third-order valence-electron chi connectivity index (χ3n) is 3.92. The predicted octanol–water partition coefficient (Wildman–Crippen LogP) is 1.94. The van der Waals surface area contributed by atoms with Gasteiger partial charge in [-0.3, -0.25) is 0 Å². The Bertz CT molecular complexity index is 180. The molecule has 0 amide bonds. The van der Waals surface area contributed by atoms with Gasteiger partial charge >= 0.3 is 0 Å². The molecule has 2 saturated heterocycles. The number of likely N-dealkylation sites (tertiary alicyclic amines) is 1. The van der Waals surface area contributed by atoms with Crippen LogP contribution in [0.2, 0.25) is 0 Å². The van der Waals surface area contributed by atoms with E-state index in [-0.39, 0.29) is 0 Å². The molecule has 0 spiro atoms. The number of thioether (sulfide) groups is 1. The van der Waals surface area contributed by atoms with Crippen molar-refractivity contribution in [3.05, 3.63) is 0 Å². The zero-order valence-corrected chi connectivity index (χ0v) is 10.5. The topological polar surface area (TPSA) is 29.3 Å². The zero-order valence-electron chi connectivity index (χ0n) is 9.66. The van der Waals surface area contributed by atoms with E-state index >= 15 is 0 Å². The van der Waals surface area contributed by atoms with Gasteiger partial charge in [0.25, 0.3) is 0 Å². The molecule has 2 N–H and O–H groups in total. The molecule has 0 aromatic heterocycles. The minimum atomic E-state index is 0.799. The molecular weight excluding hydrogens is 204 g/mol. The summed E-state index contributed by atoms with van der Waals surface area (Å²) < 4.78 is 0. The SMILES string of the molecule is NCC1CCCN(C2CCSCC2)CC1. The van der Waals surface area contributed by atoms with Gasteiger partial charge in [0.15, 0.2) is 0 Å². The van der Waals surface area contributed by atoms with Crippen LogP contribution < -0.4 is 5.73 Å². The molecule has 2 heterocycles. The van der Waals surface area contributed by atoms with Gasteiger partial charge in [-0.2, -0.15) is 11.8 Å². The van der Waals surface area contributed by atoms with Crippen molar-refractivity contribution in [3.8, 4) is 0 Å². The van der Waals surface area contributed by atoms with Gasteiger partial charge in [-0.15, -0.1) is 0 Å². The lowest BCUT2D eigenvalue weighted by atomic mass is 10.0. The van der Waals surface area contributed by atoms with Gasteiger partial charge in [-0.05, 0) is 69.2 Å². The van der Waals surface area contributed by atoms with E-state index in [1.807, 2.05) is 0 Å². The van der Waals surface area contributed by atoms with Crippen LogP contribution in [-0.2, 0) is 0 Å².